The number of nitriles is 1. The predicted octanol–water partition coefficient (Wildman–Crippen LogP) is 6.29. The molecule has 15 heteroatoms. The molecule has 3 aromatic rings. The number of hydrogen-bond donors (Lipinski definition) is 5. The third-order valence-corrected chi connectivity index (χ3v) is 9.23. The van der Waals surface area contributed by atoms with Crippen LogP contribution in [0.4, 0.5) is 14.5 Å². The number of halogens is 4. The third-order valence-electron chi connectivity index (χ3n) is 8.70. The van der Waals surface area contributed by atoms with E-state index in [-0.39, 0.29) is 51.0 Å². The van der Waals surface area contributed by atoms with Crippen LogP contribution in [0.1, 0.15) is 67.4 Å². The van der Waals surface area contributed by atoms with E-state index in [9.17, 15) is 29.5 Å². The number of carbonyl (C=O) groups is 4. The smallest absolute Gasteiger partial charge is 0.326 e. The number of nitrogens with zero attached hydrogens (tertiary/aromatic N) is 1. The molecule has 0 spiro atoms. The summed E-state index contributed by atoms with van der Waals surface area (Å²) in [7, 11) is 1.26. The van der Waals surface area contributed by atoms with Gasteiger partial charge in [0.05, 0.1) is 29.9 Å². The van der Waals surface area contributed by atoms with E-state index in [1.54, 1.807) is 0 Å². The lowest BCUT2D eigenvalue weighted by Crippen LogP contribution is -2.45. The van der Waals surface area contributed by atoms with Crippen molar-refractivity contribution < 1.29 is 42.9 Å². The minimum Gasteiger partial charge on any atom is -0.495 e. The molecule has 1 aliphatic rings. The van der Waals surface area contributed by atoms with E-state index in [2.05, 4.69) is 22.0 Å². The summed E-state index contributed by atoms with van der Waals surface area (Å²) in [4.78, 5) is 49.8. The Bertz CT molecular complexity index is 1900. The molecule has 270 valence electrons. The van der Waals surface area contributed by atoms with Crippen LogP contribution in [0.25, 0.3) is 0 Å². The third kappa shape index (κ3) is 8.41. The monoisotopic (exact) mass is 744 g/mol. The highest BCUT2D eigenvalue weighted by molar-refractivity contribution is 6.31. The van der Waals surface area contributed by atoms with Crippen LogP contribution in [-0.4, -0.2) is 59.2 Å². The molecular weight excluding hydrogens is 709 g/mol. The second kappa shape index (κ2) is 15.6. The summed E-state index contributed by atoms with van der Waals surface area (Å²) in [5.41, 5.74) is -2.51. The van der Waals surface area contributed by atoms with Crippen LogP contribution in [0.15, 0.2) is 54.6 Å². The van der Waals surface area contributed by atoms with Crippen LogP contribution in [0.2, 0.25) is 10.0 Å². The zero-order chi connectivity index (χ0) is 37.8. The van der Waals surface area contributed by atoms with Gasteiger partial charge in [-0.2, -0.15) is 5.26 Å². The summed E-state index contributed by atoms with van der Waals surface area (Å²) in [5.74, 6) is -7.30. The zero-order valence-electron chi connectivity index (χ0n) is 28.0. The number of anilines is 1. The molecule has 1 saturated heterocycles. The predicted molar refractivity (Wildman–Crippen MR) is 185 cm³/mol. The number of hydrogen-bond acceptors (Lipinski definition) is 7. The van der Waals surface area contributed by atoms with Gasteiger partial charge in [0.1, 0.15) is 28.8 Å². The number of carboxylic acids is 2. The number of methoxy groups -OCH3 is 1. The second-order valence-electron chi connectivity index (χ2n) is 13.4. The lowest BCUT2D eigenvalue weighted by molar-refractivity contribution is -0.140. The fourth-order valence-electron chi connectivity index (χ4n) is 6.47. The first-order chi connectivity index (χ1) is 23.9. The number of rotatable bonds is 12. The van der Waals surface area contributed by atoms with Crippen LogP contribution < -0.4 is 20.7 Å². The van der Waals surface area contributed by atoms with Crippen LogP contribution in [0.5, 0.6) is 5.75 Å². The van der Waals surface area contributed by atoms with Crippen molar-refractivity contribution in [2.45, 2.75) is 69.5 Å². The van der Waals surface area contributed by atoms with Gasteiger partial charge in [-0.15, -0.1) is 0 Å². The SMILES string of the molecule is COc1cc(C(=O)N[C@H](CCC(=O)O)C(=O)O)ccc1NC(=O)[C@@H]1N[C@@H](CC(C)(C)C)[C@](C#N)(c2ccc(Cl)cc2F)[C@H]1c1cccc(Cl)c1F. The zero-order valence-corrected chi connectivity index (χ0v) is 29.5. The van der Waals surface area contributed by atoms with Crippen molar-refractivity contribution in [3.63, 3.8) is 0 Å². The minimum atomic E-state index is -1.86. The summed E-state index contributed by atoms with van der Waals surface area (Å²) < 4.78 is 37.3. The van der Waals surface area contributed by atoms with Crippen molar-refractivity contribution in [2.75, 3.05) is 12.4 Å². The van der Waals surface area contributed by atoms with Crippen LogP contribution in [-0.2, 0) is 19.8 Å². The van der Waals surface area contributed by atoms with Gasteiger partial charge in [0.2, 0.25) is 5.91 Å². The van der Waals surface area contributed by atoms with Crippen molar-refractivity contribution in [3.8, 4) is 11.8 Å². The highest BCUT2D eigenvalue weighted by Gasteiger charge is 2.61. The first-order valence-corrected chi connectivity index (χ1v) is 16.5. The number of carboxylic acid groups (broad SMARTS) is 2. The Kier molecular flexibility index (Phi) is 12.0. The lowest BCUT2D eigenvalue weighted by Gasteiger charge is -2.37. The van der Waals surface area contributed by atoms with Gasteiger partial charge in [0.15, 0.2) is 0 Å². The molecule has 4 rings (SSSR count). The van der Waals surface area contributed by atoms with Crippen LogP contribution in [0.3, 0.4) is 0 Å². The van der Waals surface area contributed by atoms with Crippen molar-refractivity contribution in [3.05, 3.63) is 93.0 Å². The van der Waals surface area contributed by atoms with Gasteiger partial charge in [0, 0.05) is 34.5 Å². The molecule has 0 unspecified atom stereocenters. The van der Waals surface area contributed by atoms with Crippen molar-refractivity contribution in [1.82, 2.24) is 10.6 Å². The molecule has 51 heavy (non-hydrogen) atoms. The summed E-state index contributed by atoms with van der Waals surface area (Å²) >= 11 is 12.3. The number of aliphatic carboxylic acids is 2. The average Bonchev–Trinajstić information content (AvgIpc) is 3.36. The highest BCUT2D eigenvalue weighted by Crippen LogP contribution is 2.53. The maximum absolute atomic E-state index is 16.0. The number of nitrogens with one attached hydrogen (secondary N) is 3. The van der Waals surface area contributed by atoms with E-state index in [0.717, 1.165) is 6.07 Å². The lowest BCUT2D eigenvalue weighted by atomic mass is 9.62. The average molecular weight is 746 g/mol. The maximum atomic E-state index is 16.0. The topological polar surface area (TPSA) is 178 Å². The Morgan fingerprint density at radius 3 is 2.37 bits per heavy atom. The van der Waals surface area contributed by atoms with E-state index in [1.165, 1.54) is 55.6 Å². The first-order valence-electron chi connectivity index (χ1n) is 15.7. The molecule has 0 radical (unpaired) electrons. The molecule has 11 nitrogen and oxygen atoms in total. The number of amides is 2. The Morgan fingerprint density at radius 2 is 1.78 bits per heavy atom. The molecule has 0 aromatic heterocycles. The Balaban J connectivity index is 1.79. The van der Waals surface area contributed by atoms with E-state index in [1.807, 2.05) is 20.8 Å². The highest BCUT2D eigenvalue weighted by atomic mass is 35.5. The van der Waals surface area contributed by atoms with Crippen molar-refractivity contribution >= 4 is 52.6 Å². The largest absolute Gasteiger partial charge is 0.495 e. The maximum Gasteiger partial charge on any atom is 0.326 e. The molecule has 3 aromatic carbocycles. The molecule has 0 aliphatic carbocycles. The molecule has 1 aliphatic heterocycles. The number of benzene rings is 3. The summed E-state index contributed by atoms with van der Waals surface area (Å²) in [6, 6.07) is 10.4. The van der Waals surface area contributed by atoms with Gasteiger partial charge in [-0.1, -0.05) is 62.2 Å². The van der Waals surface area contributed by atoms with Crippen LogP contribution in [0, 0.1) is 28.4 Å². The van der Waals surface area contributed by atoms with Crippen molar-refractivity contribution in [1.29, 1.82) is 5.26 Å². The van der Waals surface area contributed by atoms with Crippen molar-refractivity contribution in [2.24, 2.45) is 5.41 Å². The fraction of sp³-hybridized carbons (Fsp3) is 0.361. The Labute approximate surface area is 302 Å². The van der Waals surface area contributed by atoms with Gasteiger partial charge in [-0.25, -0.2) is 13.6 Å². The number of ether oxygens (including phenoxy) is 1. The molecule has 1 fully saturated rings. The van der Waals surface area contributed by atoms with E-state index < -0.39 is 76.7 Å². The normalized spacial score (nSPS) is 20.6. The van der Waals surface area contributed by atoms with Gasteiger partial charge in [-0.3, -0.25) is 14.4 Å². The molecule has 1 heterocycles. The summed E-state index contributed by atoms with van der Waals surface area (Å²) in [5, 5.41) is 37.4. The van der Waals surface area contributed by atoms with E-state index in [0.29, 0.717) is 0 Å². The molecule has 2 amide bonds. The van der Waals surface area contributed by atoms with Gasteiger partial charge in [0.25, 0.3) is 5.91 Å². The summed E-state index contributed by atoms with van der Waals surface area (Å²) in [6.45, 7) is 5.72. The summed E-state index contributed by atoms with van der Waals surface area (Å²) in [6.07, 6.45) is -0.595. The minimum absolute atomic E-state index is 0.0153. The van der Waals surface area contributed by atoms with Gasteiger partial charge < -0.3 is 30.9 Å². The molecular formula is C36H36Cl2F2N4O7. The standard InChI is InChI=1S/C36H36Cl2F2N4O7/c1-35(2,3)16-27-36(17-41,21-10-9-19(37)15-23(21)39)29(20-6-5-7-22(38)30(20)40)31(44-27)33(48)42-24-11-8-18(14-26(24)51-4)32(47)43-25(34(49)50)12-13-28(45)46/h5-11,14-15,25,27,29,31,44H,12-13,16H2,1-4H3,(H,42,48)(H,43,47)(H,45,46)(H,49,50)/t25-,27+,29+,31-,36+/m1/s1. The fourth-order valence-corrected chi connectivity index (χ4v) is 6.81. The Morgan fingerprint density at radius 1 is 1.08 bits per heavy atom. The van der Waals surface area contributed by atoms with Gasteiger partial charge in [-0.05, 0) is 60.2 Å². The molecule has 0 saturated carbocycles. The Hall–Kier alpha value is -4.77. The van der Waals surface area contributed by atoms with Crippen LogP contribution >= 0.6 is 23.2 Å². The quantitative estimate of drug-likeness (QED) is 0.143. The van der Waals surface area contributed by atoms with Gasteiger partial charge >= 0.3 is 11.9 Å². The number of carbonyl (C=O) groups excluding carboxylic acids is 2. The molecule has 5 N–H and O–H groups in total. The molecule has 5 atom stereocenters. The van der Waals surface area contributed by atoms with E-state index >= 15 is 8.78 Å². The second-order valence-corrected chi connectivity index (χ2v) is 14.2. The first kappa shape index (κ1) is 39.0. The van der Waals surface area contributed by atoms with E-state index in [4.69, 9.17) is 33.0 Å². The molecule has 0 bridgehead atoms.